The van der Waals surface area contributed by atoms with Crippen molar-refractivity contribution in [1.29, 1.82) is 0 Å². The summed E-state index contributed by atoms with van der Waals surface area (Å²) in [6.07, 6.45) is 2.44. The molecular weight excluding hydrogens is 332 g/mol. The van der Waals surface area contributed by atoms with Crippen molar-refractivity contribution < 1.29 is 4.90 Å². The number of nitrogens with zero attached hydrogens (tertiary/aromatic N) is 3. The van der Waals surface area contributed by atoms with E-state index in [9.17, 15) is 0 Å². The number of para-hydroxylation sites is 1. The Bertz CT molecular complexity index is 830. The Balaban J connectivity index is 1.63. The van der Waals surface area contributed by atoms with Crippen LogP contribution in [0.4, 0.5) is 0 Å². The smallest absolute Gasteiger partial charge is 0.184 e. The lowest BCUT2D eigenvalue weighted by Crippen LogP contribution is -3.09. The van der Waals surface area contributed by atoms with Gasteiger partial charge in [-0.2, -0.15) is 9.78 Å². The number of hydrogen-bond donors (Lipinski definition) is 1. The third-order valence-electron chi connectivity index (χ3n) is 4.15. The minimum Gasteiger partial charge on any atom is -0.308 e. The fraction of sp³-hybridized carbons (Fsp3) is 0.400. The first-order valence-corrected chi connectivity index (χ1v) is 9.49. The van der Waals surface area contributed by atoms with Crippen LogP contribution in [0.2, 0.25) is 0 Å². The van der Waals surface area contributed by atoms with Crippen LogP contribution in [0.25, 0.3) is 10.2 Å². The van der Waals surface area contributed by atoms with Gasteiger partial charge in [0.2, 0.25) is 0 Å². The van der Waals surface area contributed by atoms with E-state index in [-0.39, 0.29) is 0 Å². The highest BCUT2D eigenvalue weighted by Crippen LogP contribution is 2.28. The van der Waals surface area contributed by atoms with E-state index < -0.39 is 0 Å². The number of nitrogens with one attached hydrogen (secondary N) is 1. The largest absolute Gasteiger partial charge is 0.308 e. The molecule has 4 rings (SSSR count). The van der Waals surface area contributed by atoms with Gasteiger partial charge in [-0.3, -0.25) is 0 Å². The van der Waals surface area contributed by atoms with Crippen LogP contribution in [0.15, 0.2) is 24.3 Å². The molecule has 0 aliphatic carbocycles. The fourth-order valence-electron chi connectivity index (χ4n) is 3.14. The Kier molecular flexibility index (Phi) is 3.81. The lowest BCUT2D eigenvalue weighted by molar-refractivity contribution is -0.941. The van der Waals surface area contributed by atoms with Crippen molar-refractivity contribution in [3.8, 4) is 0 Å². The molecule has 114 valence electrons. The van der Waals surface area contributed by atoms with Crippen LogP contribution in [0.1, 0.15) is 28.9 Å². The second kappa shape index (κ2) is 5.81. The number of aromatic nitrogens is 3. The van der Waals surface area contributed by atoms with Crippen LogP contribution in [0.3, 0.4) is 0 Å². The van der Waals surface area contributed by atoms with Gasteiger partial charge in [-0.1, -0.05) is 23.5 Å². The average molecular weight is 350 g/mol. The molecule has 0 saturated carbocycles. The highest BCUT2D eigenvalue weighted by molar-refractivity contribution is 7.73. The highest BCUT2D eigenvalue weighted by Gasteiger charge is 2.33. The van der Waals surface area contributed by atoms with E-state index >= 15 is 0 Å². The van der Waals surface area contributed by atoms with Crippen LogP contribution in [-0.4, -0.2) is 21.3 Å². The van der Waals surface area contributed by atoms with E-state index in [4.69, 9.17) is 17.2 Å². The Morgan fingerprint density at radius 3 is 3.00 bits per heavy atom. The third kappa shape index (κ3) is 2.62. The summed E-state index contributed by atoms with van der Waals surface area (Å²) >= 11 is 8.83. The number of likely N-dealkylation sites (tertiary alicyclic amines) is 1. The number of hydrogen-bond acceptors (Lipinski definition) is 5. The molecule has 7 heteroatoms. The lowest BCUT2D eigenvalue weighted by atomic mass is 10.2. The van der Waals surface area contributed by atoms with Gasteiger partial charge in [0.15, 0.2) is 15.6 Å². The second-order valence-corrected chi connectivity index (χ2v) is 8.56. The molecule has 1 N–H and O–H groups in total. The molecule has 0 bridgehead atoms. The first-order valence-electron chi connectivity index (χ1n) is 7.45. The molecule has 3 aromatic rings. The molecule has 0 amide bonds. The van der Waals surface area contributed by atoms with Gasteiger partial charge < -0.3 is 4.90 Å². The first-order chi connectivity index (χ1) is 10.7. The van der Waals surface area contributed by atoms with Crippen molar-refractivity contribution in [3.05, 3.63) is 38.2 Å². The lowest BCUT2D eigenvalue weighted by Gasteiger charge is -2.19. The molecule has 1 fully saturated rings. The van der Waals surface area contributed by atoms with Gasteiger partial charge >= 0.3 is 0 Å². The molecule has 2 aromatic heterocycles. The van der Waals surface area contributed by atoms with Gasteiger partial charge in [0.25, 0.3) is 0 Å². The zero-order valence-electron chi connectivity index (χ0n) is 12.3. The van der Waals surface area contributed by atoms with Crippen molar-refractivity contribution in [3.63, 3.8) is 0 Å². The number of fused-ring (bicyclic) bond motifs is 1. The minimum atomic E-state index is 0.473. The molecule has 1 saturated heterocycles. The molecule has 1 aliphatic rings. The molecular formula is C15H17N4S3+. The number of aryl methyl sites for hydroxylation is 1. The van der Waals surface area contributed by atoms with Crippen LogP contribution >= 0.6 is 34.9 Å². The predicted molar refractivity (Wildman–Crippen MR) is 93.1 cm³/mol. The van der Waals surface area contributed by atoms with Crippen LogP contribution in [0.5, 0.6) is 0 Å². The summed E-state index contributed by atoms with van der Waals surface area (Å²) in [7, 11) is 0. The molecule has 0 radical (unpaired) electrons. The van der Waals surface area contributed by atoms with Crippen molar-refractivity contribution in [2.75, 3.05) is 6.54 Å². The SMILES string of the molecule is Cc1nn(C[NH+]2CCC[C@H]2c2nc3ccccc3s2)c(=S)s1. The van der Waals surface area contributed by atoms with Crippen molar-refractivity contribution in [2.45, 2.75) is 32.5 Å². The quantitative estimate of drug-likeness (QED) is 0.739. The average Bonchev–Trinajstić information content (AvgIpc) is 3.18. The van der Waals surface area contributed by atoms with E-state index in [1.807, 2.05) is 22.9 Å². The monoisotopic (exact) mass is 349 g/mol. The Hall–Kier alpha value is -1.15. The molecule has 4 nitrogen and oxygen atoms in total. The normalized spacial score (nSPS) is 21.7. The van der Waals surface area contributed by atoms with Crippen molar-refractivity contribution in [1.82, 2.24) is 14.8 Å². The standard InChI is InChI=1S/C15H16N4S3/c1-10-17-19(15(20)21-10)9-18-8-4-6-12(18)14-16-11-5-2-3-7-13(11)22-14/h2-3,5,7,12H,4,6,8-9H2,1H3/p+1/t12-/m0/s1. The topological polar surface area (TPSA) is 35.2 Å². The Morgan fingerprint density at radius 1 is 1.36 bits per heavy atom. The molecule has 3 heterocycles. The number of thiazole rings is 1. The molecule has 0 spiro atoms. The number of quaternary nitrogens is 1. The van der Waals surface area contributed by atoms with Gasteiger partial charge in [0.05, 0.1) is 16.8 Å². The Morgan fingerprint density at radius 2 is 2.23 bits per heavy atom. The fourth-order valence-corrected chi connectivity index (χ4v) is 5.37. The zero-order valence-corrected chi connectivity index (χ0v) is 14.7. The highest BCUT2D eigenvalue weighted by atomic mass is 32.1. The van der Waals surface area contributed by atoms with Gasteiger partial charge in [0.1, 0.15) is 11.0 Å². The van der Waals surface area contributed by atoms with Gasteiger partial charge in [0, 0.05) is 12.8 Å². The van der Waals surface area contributed by atoms with Gasteiger partial charge in [-0.25, -0.2) is 4.98 Å². The second-order valence-electron chi connectivity index (χ2n) is 5.67. The van der Waals surface area contributed by atoms with E-state index in [0.717, 1.165) is 21.1 Å². The zero-order chi connectivity index (χ0) is 15.1. The predicted octanol–water partition coefficient (Wildman–Crippen LogP) is 2.97. The summed E-state index contributed by atoms with van der Waals surface area (Å²) in [5.41, 5.74) is 1.12. The van der Waals surface area contributed by atoms with Gasteiger partial charge in [-0.15, -0.1) is 11.3 Å². The maximum Gasteiger partial charge on any atom is 0.184 e. The van der Waals surface area contributed by atoms with Crippen LogP contribution in [0, 0.1) is 10.9 Å². The van der Waals surface area contributed by atoms with Crippen LogP contribution < -0.4 is 4.90 Å². The van der Waals surface area contributed by atoms with Crippen molar-refractivity contribution in [2.24, 2.45) is 0 Å². The van der Waals surface area contributed by atoms with E-state index in [1.165, 1.54) is 34.0 Å². The molecule has 1 aromatic carbocycles. The maximum absolute atomic E-state index is 5.41. The van der Waals surface area contributed by atoms with E-state index in [1.54, 1.807) is 11.3 Å². The molecule has 2 atom stereocenters. The first kappa shape index (κ1) is 14.4. The maximum atomic E-state index is 5.41. The minimum absolute atomic E-state index is 0.473. The summed E-state index contributed by atoms with van der Waals surface area (Å²) in [5.74, 6) is 0. The van der Waals surface area contributed by atoms with Gasteiger partial charge in [-0.05, 0) is 31.3 Å². The number of benzene rings is 1. The molecule has 1 aliphatic heterocycles. The summed E-state index contributed by atoms with van der Waals surface area (Å²) < 4.78 is 4.14. The summed E-state index contributed by atoms with van der Waals surface area (Å²) in [6, 6.07) is 8.87. The number of rotatable bonds is 3. The van der Waals surface area contributed by atoms with E-state index in [2.05, 4.69) is 29.4 Å². The molecule has 22 heavy (non-hydrogen) atoms. The molecule has 1 unspecified atom stereocenters. The summed E-state index contributed by atoms with van der Waals surface area (Å²) in [6.45, 7) is 4.03. The Labute approximate surface area is 142 Å². The van der Waals surface area contributed by atoms with E-state index in [0.29, 0.717) is 6.04 Å². The summed E-state index contributed by atoms with van der Waals surface area (Å²) in [4.78, 5) is 6.39. The van der Waals surface area contributed by atoms with Crippen LogP contribution in [-0.2, 0) is 6.67 Å². The van der Waals surface area contributed by atoms with Crippen molar-refractivity contribution >= 4 is 45.1 Å². The third-order valence-corrected chi connectivity index (χ3v) is 6.53. The summed E-state index contributed by atoms with van der Waals surface area (Å²) in [5, 5.41) is 6.84.